The maximum Gasteiger partial charge on any atom is 0.259 e. The van der Waals surface area contributed by atoms with Crippen molar-refractivity contribution >= 4 is 11.6 Å². The molecule has 0 saturated carbocycles. The van der Waals surface area contributed by atoms with Crippen LogP contribution in [-0.2, 0) is 7.05 Å². The van der Waals surface area contributed by atoms with Crippen LogP contribution in [0.1, 0.15) is 41.4 Å². The molecule has 0 radical (unpaired) electrons. The summed E-state index contributed by atoms with van der Waals surface area (Å²) in [6, 6.07) is 7.88. The molecule has 0 aliphatic carbocycles. The highest BCUT2D eigenvalue weighted by Crippen LogP contribution is 2.24. The van der Waals surface area contributed by atoms with Gasteiger partial charge in [-0.2, -0.15) is 5.10 Å². The first-order valence-electron chi connectivity index (χ1n) is 6.39. The van der Waals surface area contributed by atoms with Crippen LogP contribution in [0.2, 0.25) is 0 Å². The predicted molar refractivity (Wildman–Crippen MR) is 76.4 cm³/mol. The number of benzene rings is 1. The van der Waals surface area contributed by atoms with Crippen LogP contribution in [0.5, 0.6) is 0 Å². The second kappa shape index (κ2) is 5.26. The first-order valence-corrected chi connectivity index (χ1v) is 6.39. The van der Waals surface area contributed by atoms with Crippen molar-refractivity contribution in [2.45, 2.75) is 26.7 Å². The fraction of sp³-hybridized carbons (Fsp3) is 0.333. The number of carbonyl (C=O) groups excluding carboxylic acids is 1. The van der Waals surface area contributed by atoms with E-state index in [0.717, 1.165) is 16.9 Å². The molecule has 0 unspecified atom stereocenters. The Hall–Kier alpha value is -2.10. The lowest BCUT2D eigenvalue weighted by atomic mass is 10.0. The third-order valence-electron chi connectivity index (χ3n) is 3.09. The summed E-state index contributed by atoms with van der Waals surface area (Å²) in [6.07, 6.45) is 1.74. The fourth-order valence-corrected chi connectivity index (χ4v) is 2.13. The van der Waals surface area contributed by atoms with Gasteiger partial charge in [-0.1, -0.05) is 32.0 Å². The van der Waals surface area contributed by atoms with E-state index in [9.17, 15) is 4.79 Å². The van der Waals surface area contributed by atoms with Crippen LogP contribution in [0.3, 0.4) is 0 Å². The quantitative estimate of drug-likeness (QED) is 0.918. The van der Waals surface area contributed by atoms with E-state index in [1.54, 1.807) is 10.9 Å². The van der Waals surface area contributed by atoms with Crippen molar-refractivity contribution in [1.82, 2.24) is 9.78 Å². The number of rotatable bonds is 3. The van der Waals surface area contributed by atoms with E-state index < -0.39 is 0 Å². The van der Waals surface area contributed by atoms with Crippen molar-refractivity contribution in [3.63, 3.8) is 0 Å². The highest BCUT2D eigenvalue weighted by atomic mass is 16.1. The number of anilines is 1. The minimum atomic E-state index is -0.112. The van der Waals surface area contributed by atoms with Crippen molar-refractivity contribution < 1.29 is 4.79 Å². The summed E-state index contributed by atoms with van der Waals surface area (Å²) >= 11 is 0. The summed E-state index contributed by atoms with van der Waals surface area (Å²) in [4.78, 5) is 12.3. The van der Waals surface area contributed by atoms with Crippen molar-refractivity contribution in [1.29, 1.82) is 0 Å². The van der Waals surface area contributed by atoms with E-state index in [2.05, 4.69) is 24.3 Å². The Kier molecular flexibility index (Phi) is 3.69. The number of carbonyl (C=O) groups is 1. The van der Waals surface area contributed by atoms with Crippen molar-refractivity contribution in [2.75, 3.05) is 5.32 Å². The Bertz CT molecular complexity index is 599. The standard InChI is InChI=1S/C15H19N3O/c1-10(2)12-7-5-6-8-14(12)16-15(19)13-9-18(4)17-11(13)3/h5-10H,1-4H3,(H,16,19). The molecule has 0 saturated heterocycles. The third kappa shape index (κ3) is 2.84. The molecule has 0 bridgehead atoms. The van der Waals surface area contributed by atoms with Gasteiger partial charge in [-0.15, -0.1) is 0 Å². The lowest BCUT2D eigenvalue weighted by Crippen LogP contribution is -2.14. The van der Waals surface area contributed by atoms with Gasteiger partial charge in [-0.3, -0.25) is 9.48 Å². The number of aromatic nitrogens is 2. The Morgan fingerprint density at radius 2 is 2.00 bits per heavy atom. The smallest absolute Gasteiger partial charge is 0.259 e. The molecule has 1 aromatic heterocycles. The van der Waals surface area contributed by atoms with E-state index in [4.69, 9.17) is 0 Å². The van der Waals surface area contributed by atoms with Gasteiger partial charge in [0.05, 0.1) is 11.3 Å². The number of hydrogen-bond acceptors (Lipinski definition) is 2. The van der Waals surface area contributed by atoms with E-state index >= 15 is 0 Å². The second-order valence-corrected chi connectivity index (χ2v) is 5.00. The monoisotopic (exact) mass is 257 g/mol. The van der Waals surface area contributed by atoms with Crippen LogP contribution in [0.25, 0.3) is 0 Å². The summed E-state index contributed by atoms with van der Waals surface area (Å²) in [5.41, 5.74) is 3.35. The number of amides is 1. The van der Waals surface area contributed by atoms with E-state index in [-0.39, 0.29) is 5.91 Å². The first-order chi connectivity index (χ1) is 8.99. The topological polar surface area (TPSA) is 46.9 Å². The van der Waals surface area contributed by atoms with Crippen LogP contribution < -0.4 is 5.32 Å². The fourth-order valence-electron chi connectivity index (χ4n) is 2.13. The third-order valence-corrected chi connectivity index (χ3v) is 3.09. The molecule has 1 aromatic carbocycles. The minimum Gasteiger partial charge on any atom is -0.322 e. The van der Waals surface area contributed by atoms with E-state index in [1.807, 2.05) is 38.2 Å². The molecule has 1 amide bonds. The molecule has 4 nitrogen and oxygen atoms in total. The number of nitrogens with zero attached hydrogens (tertiary/aromatic N) is 2. The maximum atomic E-state index is 12.3. The molecule has 1 N–H and O–H groups in total. The Balaban J connectivity index is 2.27. The zero-order valence-electron chi connectivity index (χ0n) is 11.8. The highest BCUT2D eigenvalue weighted by Gasteiger charge is 2.14. The number of para-hydroxylation sites is 1. The summed E-state index contributed by atoms with van der Waals surface area (Å²) in [6.45, 7) is 6.06. The molecular weight excluding hydrogens is 238 g/mol. The SMILES string of the molecule is Cc1nn(C)cc1C(=O)Nc1ccccc1C(C)C. The van der Waals surface area contributed by atoms with Crippen LogP contribution in [0.15, 0.2) is 30.5 Å². The van der Waals surface area contributed by atoms with Crippen molar-refractivity contribution in [3.8, 4) is 0 Å². The first kappa shape index (κ1) is 13.3. The molecule has 2 aromatic rings. The lowest BCUT2D eigenvalue weighted by Gasteiger charge is -2.13. The molecule has 0 fully saturated rings. The van der Waals surface area contributed by atoms with Gasteiger partial charge in [-0.25, -0.2) is 0 Å². The highest BCUT2D eigenvalue weighted by molar-refractivity contribution is 6.05. The van der Waals surface area contributed by atoms with Gasteiger partial charge < -0.3 is 5.32 Å². The molecule has 0 aliphatic heterocycles. The van der Waals surface area contributed by atoms with E-state index in [0.29, 0.717) is 11.5 Å². The summed E-state index contributed by atoms with van der Waals surface area (Å²) in [7, 11) is 1.81. The average molecular weight is 257 g/mol. The number of nitrogens with one attached hydrogen (secondary N) is 1. The Morgan fingerprint density at radius 3 is 2.58 bits per heavy atom. The molecule has 0 atom stereocenters. The zero-order valence-corrected chi connectivity index (χ0v) is 11.8. The average Bonchev–Trinajstić information content (AvgIpc) is 2.69. The van der Waals surface area contributed by atoms with Crippen molar-refractivity contribution in [2.24, 2.45) is 7.05 Å². The maximum absolute atomic E-state index is 12.3. The number of aryl methyl sites for hydroxylation is 2. The van der Waals surface area contributed by atoms with Crippen molar-refractivity contribution in [3.05, 3.63) is 47.3 Å². The summed E-state index contributed by atoms with van der Waals surface area (Å²) in [5, 5.41) is 7.16. The van der Waals surface area contributed by atoms with Crippen LogP contribution in [0.4, 0.5) is 5.69 Å². The van der Waals surface area contributed by atoms with Crippen LogP contribution in [-0.4, -0.2) is 15.7 Å². The normalized spacial score (nSPS) is 10.8. The molecule has 0 aliphatic rings. The van der Waals surface area contributed by atoms with Gasteiger partial charge in [-0.05, 0) is 24.5 Å². The van der Waals surface area contributed by atoms with Gasteiger partial charge in [0.1, 0.15) is 0 Å². The Labute approximate surface area is 113 Å². The van der Waals surface area contributed by atoms with Gasteiger partial charge in [0.2, 0.25) is 0 Å². The van der Waals surface area contributed by atoms with Crippen LogP contribution in [0, 0.1) is 6.92 Å². The largest absolute Gasteiger partial charge is 0.322 e. The number of hydrogen-bond donors (Lipinski definition) is 1. The van der Waals surface area contributed by atoms with Gasteiger partial charge in [0.15, 0.2) is 0 Å². The lowest BCUT2D eigenvalue weighted by molar-refractivity contribution is 0.102. The molecule has 2 rings (SSSR count). The summed E-state index contributed by atoms with van der Waals surface area (Å²) < 4.78 is 1.65. The van der Waals surface area contributed by atoms with Gasteiger partial charge in [0.25, 0.3) is 5.91 Å². The van der Waals surface area contributed by atoms with Crippen LogP contribution >= 0.6 is 0 Å². The van der Waals surface area contributed by atoms with Gasteiger partial charge in [0, 0.05) is 18.9 Å². The second-order valence-electron chi connectivity index (χ2n) is 5.00. The predicted octanol–water partition coefficient (Wildman–Crippen LogP) is 3.10. The summed E-state index contributed by atoms with van der Waals surface area (Å²) in [5.74, 6) is 0.255. The molecule has 19 heavy (non-hydrogen) atoms. The molecule has 1 heterocycles. The molecular formula is C15H19N3O. The van der Waals surface area contributed by atoms with E-state index in [1.165, 1.54) is 0 Å². The molecule has 4 heteroatoms. The molecule has 100 valence electrons. The zero-order chi connectivity index (χ0) is 14.0. The minimum absolute atomic E-state index is 0.112. The Morgan fingerprint density at radius 1 is 1.32 bits per heavy atom. The molecule has 0 spiro atoms. The van der Waals surface area contributed by atoms with Gasteiger partial charge >= 0.3 is 0 Å².